The summed E-state index contributed by atoms with van der Waals surface area (Å²) < 4.78 is 12.7. The zero-order valence-corrected chi connectivity index (χ0v) is 10.9. The van der Waals surface area contributed by atoms with Crippen LogP contribution in [0.25, 0.3) is 0 Å². The molecule has 0 saturated carbocycles. The second-order valence-electron chi connectivity index (χ2n) is 4.72. The summed E-state index contributed by atoms with van der Waals surface area (Å²) in [4.78, 5) is 11.8. The fraction of sp³-hybridized carbons (Fsp3) is 0.500. The molecule has 0 saturated heterocycles. The van der Waals surface area contributed by atoms with Gasteiger partial charge in [0.2, 0.25) is 5.91 Å². The van der Waals surface area contributed by atoms with E-state index in [4.69, 9.17) is 5.73 Å². The first-order valence-corrected chi connectivity index (χ1v) is 6.27. The van der Waals surface area contributed by atoms with Crippen molar-refractivity contribution in [2.45, 2.75) is 32.7 Å². The predicted molar refractivity (Wildman–Crippen MR) is 70.5 cm³/mol. The third-order valence-electron chi connectivity index (χ3n) is 2.89. The van der Waals surface area contributed by atoms with Gasteiger partial charge in [-0.2, -0.15) is 0 Å². The molecular formula is C14H21FN2O. The van der Waals surface area contributed by atoms with E-state index in [1.54, 1.807) is 12.1 Å². The lowest BCUT2D eigenvalue weighted by molar-refractivity contribution is -0.125. The molecule has 4 heteroatoms. The van der Waals surface area contributed by atoms with E-state index in [0.29, 0.717) is 19.4 Å². The van der Waals surface area contributed by atoms with Crippen molar-refractivity contribution < 1.29 is 9.18 Å². The van der Waals surface area contributed by atoms with Crippen molar-refractivity contribution in [1.29, 1.82) is 0 Å². The van der Waals surface area contributed by atoms with Crippen LogP contribution in [0.15, 0.2) is 24.3 Å². The summed E-state index contributed by atoms with van der Waals surface area (Å²) in [5.74, 6) is -0.285. The number of nitrogens with two attached hydrogens (primary N) is 1. The molecule has 0 aromatic heterocycles. The molecule has 100 valence electrons. The summed E-state index contributed by atoms with van der Waals surface area (Å²) in [5.41, 5.74) is 6.43. The molecule has 18 heavy (non-hydrogen) atoms. The number of rotatable bonds is 6. The van der Waals surface area contributed by atoms with E-state index < -0.39 is 0 Å². The van der Waals surface area contributed by atoms with Crippen LogP contribution in [-0.4, -0.2) is 18.5 Å². The number of halogens is 1. The third-order valence-corrected chi connectivity index (χ3v) is 2.89. The zero-order valence-electron chi connectivity index (χ0n) is 10.9. The van der Waals surface area contributed by atoms with E-state index in [2.05, 4.69) is 5.32 Å². The zero-order chi connectivity index (χ0) is 13.5. The van der Waals surface area contributed by atoms with E-state index in [0.717, 1.165) is 5.56 Å². The van der Waals surface area contributed by atoms with Gasteiger partial charge in [-0.15, -0.1) is 0 Å². The van der Waals surface area contributed by atoms with E-state index in [1.165, 1.54) is 12.1 Å². The van der Waals surface area contributed by atoms with E-state index in [1.807, 2.05) is 13.8 Å². The minimum atomic E-state index is -0.244. The van der Waals surface area contributed by atoms with Crippen molar-refractivity contribution in [3.05, 3.63) is 35.6 Å². The quantitative estimate of drug-likeness (QED) is 0.812. The van der Waals surface area contributed by atoms with Crippen molar-refractivity contribution in [3.8, 4) is 0 Å². The van der Waals surface area contributed by atoms with Gasteiger partial charge in [0.25, 0.3) is 0 Å². The molecule has 0 fully saturated rings. The van der Waals surface area contributed by atoms with Gasteiger partial charge in [0.15, 0.2) is 0 Å². The van der Waals surface area contributed by atoms with Crippen LogP contribution >= 0.6 is 0 Å². The predicted octanol–water partition coefficient (Wildman–Crippen LogP) is 1.86. The monoisotopic (exact) mass is 252 g/mol. The standard InChI is InChI=1S/C14H21FN2O/c1-10(7-8-16)14(18)17-11(2)9-12-3-5-13(15)6-4-12/h3-6,10-11H,7-9,16H2,1-2H3,(H,17,18). The van der Waals surface area contributed by atoms with Gasteiger partial charge in [0, 0.05) is 12.0 Å². The van der Waals surface area contributed by atoms with Gasteiger partial charge in [-0.25, -0.2) is 4.39 Å². The smallest absolute Gasteiger partial charge is 0.223 e. The Balaban J connectivity index is 2.43. The summed E-state index contributed by atoms with van der Waals surface area (Å²) in [7, 11) is 0. The number of carbonyl (C=O) groups excluding carboxylic acids is 1. The fourth-order valence-electron chi connectivity index (χ4n) is 1.79. The average Bonchev–Trinajstić information content (AvgIpc) is 2.32. The highest BCUT2D eigenvalue weighted by Gasteiger charge is 2.14. The maximum absolute atomic E-state index is 12.7. The number of hydrogen-bond acceptors (Lipinski definition) is 2. The Bertz CT molecular complexity index is 378. The van der Waals surface area contributed by atoms with Crippen LogP contribution in [0.4, 0.5) is 4.39 Å². The first kappa shape index (κ1) is 14.6. The molecule has 1 aromatic rings. The van der Waals surface area contributed by atoms with Gasteiger partial charge in [0.05, 0.1) is 0 Å². The maximum atomic E-state index is 12.7. The molecule has 1 amide bonds. The molecule has 0 aliphatic carbocycles. The fourth-order valence-corrected chi connectivity index (χ4v) is 1.79. The molecule has 0 bridgehead atoms. The normalized spacial score (nSPS) is 14.0. The molecule has 2 atom stereocenters. The lowest BCUT2D eigenvalue weighted by atomic mass is 10.0. The lowest BCUT2D eigenvalue weighted by Gasteiger charge is -2.17. The van der Waals surface area contributed by atoms with Crippen molar-refractivity contribution in [2.75, 3.05) is 6.54 Å². The van der Waals surface area contributed by atoms with Crippen LogP contribution in [0, 0.1) is 11.7 Å². The Morgan fingerprint density at radius 1 is 1.33 bits per heavy atom. The van der Waals surface area contributed by atoms with Crippen LogP contribution in [-0.2, 0) is 11.2 Å². The number of carbonyl (C=O) groups is 1. The van der Waals surface area contributed by atoms with E-state index in [9.17, 15) is 9.18 Å². The van der Waals surface area contributed by atoms with Crippen molar-refractivity contribution in [2.24, 2.45) is 11.7 Å². The average molecular weight is 252 g/mol. The van der Waals surface area contributed by atoms with Gasteiger partial charge in [-0.3, -0.25) is 4.79 Å². The molecule has 1 rings (SSSR count). The minimum absolute atomic E-state index is 0.0232. The van der Waals surface area contributed by atoms with E-state index >= 15 is 0 Å². The molecule has 0 aliphatic rings. The Labute approximate surface area is 108 Å². The highest BCUT2D eigenvalue weighted by Crippen LogP contribution is 2.07. The van der Waals surface area contributed by atoms with Crippen LogP contribution in [0.1, 0.15) is 25.8 Å². The Morgan fingerprint density at radius 2 is 1.94 bits per heavy atom. The second-order valence-corrected chi connectivity index (χ2v) is 4.72. The summed E-state index contributed by atoms with van der Waals surface area (Å²) >= 11 is 0. The van der Waals surface area contributed by atoms with Crippen LogP contribution in [0.2, 0.25) is 0 Å². The highest BCUT2D eigenvalue weighted by molar-refractivity contribution is 5.78. The van der Waals surface area contributed by atoms with Gasteiger partial charge in [0.1, 0.15) is 5.82 Å². The van der Waals surface area contributed by atoms with Gasteiger partial charge in [-0.05, 0) is 44.0 Å². The molecule has 3 N–H and O–H groups in total. The van der Waals surface area contributed by atoms with Crippen molar-refractivity contribution >= 4 is 5.91 Å². The third kappa shape index (κ3) is 4.84. The summed E-state index contributed by atoms with van der Waals surface area (Å²) in [5, 5.41) is 2.94. The molecule has 3 nitrogen and oxygen atoms in total. The molecule has 0 aliphatic heterocycles. The summed E-state index contributed by atoms with van der Waals surface area (Å²) in [6.07, 6.45) is 1.39. The van der Waals surface area contributed by atoms with Crippen LogP contribution in [0.5, 0.6) is 0 Å². The SMILES string of the molecule is CC(Cc1ccc(F)cc1)NC(=O)C(C)CCN. The van der Waals surface area contributed by atoms with Crippen LogP contribution < -0.4 is 11.1 Å². The largest absolute Gasteiger partial charge is 0.353 e. The summed E-state index contributed by atoms with van der Waals surface area (Å²) in [6, 6.07) is 6.37. The molecule has 2 unspecified atom stereocenters. The number of hydrogen-bond donors (Lipinski definition) is 2. The van der Waals surface area contributed by atoms with Crippen molar-refractivity contribution in [3.63, 3.8) is 0 Å². The molecule has 0 radical (unpaired) electrons. The van der Waals surface area contributed by atoms with Crippen molar-refractivity contribution in [1.82, 2.24) is 5.32 Å². The lowest BCUT2D eigenvalue weighted by Crippen LogP contribution is -2.38. The topological polar surface area (TPSA) is 55.1 Å². The summed E-state index contributed by atoms with van der Waals surface area (Å²) in [6.45, 7) is 4.32. The Hall–Kier alpha value is -1.42. The Kier molecular flexibility index (Phi) is 5.78. The number of benzene rings is 1. The van der Waals surface area contributed by atoms with Gasteiger partial charge in [-0.1, -0.05) is 19.1 Å². The number of nitrogens with one attached hydrogen (secondary N) is 1. The second kappa shape index (κ2) is 7.11. The molecule has 1 aromatic carbocycles. The maximum Gasteiger partial charge on any atom is 0.223 e. The molecule has 0 heterocycles. The highest BCUT2D eigenvalue weighted by atomic mass is 19.1. The minimum Gasteiger partial charge on any atom is -0.353 e. The molecule has 0 spiro atoms. The first-order chi connectivity index (χ1) is 8.52. The van der Waals surface area contributed by atoms with Gasteiger partial charge < -0.3 is 11.1 Å². The first-order valence-electron chi connectivity index (χ1n) is 6.27. The number of amides is 1. The molecular weight excluding hydrogens is 231 g/mol. The Morgan fingerprint density at radius 3 is 2.50 bits per heavy atom. The van der Waals surface area contributed by atoms with Crippen LogP contribution in [0.3, 0.4) is 0 Å². The van der Waals surface area contributed by atoms with Gasteiger partial charge >= 0.3 is 0 Å². The van der Waals surface area contributed by atoms with E-state index in [-0.39, 0.29) is 23.7 Å².